The van der Waals surface area contributed by atoms with Crippen molar-refractivity contribution in [1.82, 2.24) is 34.1 Å². The normalized spacial score (nSPS) is 10.6. The first kappa shape index (κ1) is 9.46. The third kappa shape index (κ3) is 1.71. The highest BCUT2D eigenvalue weighted by molar-refractivity contribution is 5.17. The molecule has 0 spiro atoms. The second-order valence-corrected chi connectivity index (χ2v) is 3.22. The van der Waals surface area contributed by atoms with Gasteiger partial charge in [0.25, 0.3) is 0 Å². The van der Waals surface area contributed by atoms with Crippen LogP contribution in [0.3, 0.4) is 0 Å². The molecule has 3 aromatic rings. The molecule has 0 bridgehead atoms. The van der Waals surface area contributed by atoms with E-state index in [0.717, 1.165) is 0 Å². The predicted octanol–water partition coefficient (Wildman–Crippen LogP) is -0.464. The fourth-order valence-corrected chi connectivity index (χ4v) is 1.36. The van der Waals surface area contributed by atoms with Crippen LogP contribution in [0.5, 0.6) is 0 Å². The van der Waals surface area contributed by atoms with Crippen molar-refractivity contribution in [2.45, 2.75) is 0 Å². The predicted molar refractivity (Wildman–Crippen MR) is 56.9 cm³/mol. The molecule has 0 radical (unpaired) electrons. The van der Waals surface area contributed by atoms with E-state index in [1.165, 1.54) is 12.7 Å². The lowest BCUT2D eigenvalue weighted by molar-refractivity contribution is 0.814. The van der Waals surface area contributed by atoms with Crippen LogP contribution in [0.15, 0.2) is 42.2 Å². The van der Waals surface area contributed by atoms with Crippen LogP contribution in [-0.2, 0) is 0 Å². The van der Waals surface area contributed by atoms with Gasteiger partial charge in [0.15, 0.2) is 0 Å². The maximum atomic E-state index is 11.4. The minimum absolute atomic E-state index is 0.259. The number of H-pyrrole nitrogens is 1. The first-order valence-electron chi connectivity index (χ1n) is 4.78. The van der Waals surface area contributed by atoms with E-state index in [1.54, 1.807) is 33.9 Å². The van der Waals surface area contributed by atoms with Crippen LogP contribution >= 0.6 is 0 Å². The first-order chi connectivity index (χ1) is 8.33. The van der Waals surface area contributed by atoms with E-state index in [9.17, 15) is 4.79 Å². The average molecular weight is 229 g/mol. The number of rotatable bonds is 2. The lowest BCUT2D eigenvalue weighted by atomic mass is 10.7. The van der Waals surface area contributed by atoms with Crippen molar-refractivity contribution in [2.24, 2.45) is 0 Å². The van der Waals surface area contributed by atoms with Gasteiger partial charge in [-0.25, -0.2) is 14.8 Å². The summed E-state index contributed by atoms with van der Waals surface area (Å²) >= 11 is 0. The summed E-state index contributed by atoms with van der Waals surface area (Å²) < 4.78 is 3.14. The largest absolute Gasteiger partial charge is 0.351 e. The van der Waals surface area contributed by atoms with Crippen LogP contribution in [0.2, 0.25) is 0 Å². The van der Waals surface area contributed by atoms with Gasteiger partial charge in [0.2, 0.25) is 11.9 Å². The summed E-state index contributed by atoms with van der Waals surface area (Å²) in [6, 6.07) is 0. The van der Waals surface area contributed by atoms with Crippen LogP contribution in [0.4, 0.5) is 0 Å². The fourth-order valence-electron chi connectivity index (χ4n) is 1.36. The van der Waals surface area contributed by atoms with Crippen molar-refractivity contribution in [3.8, 4) is 11.9 Å². The molecule has 0 aromatic carbocycles. The van der Waals surface area contributed by atoms with Crippen LogP contribution in [0.25, 0.3) is 11.9 Å². The standard InChI is InChI=1S/C9H7N7O/c17-9-13-7(15-3-1-10-5-15)12-8(14-9)16-4-2-11-6-16/h1-6H,(H,12,13,14,17). The number of hydrogen-bond acceptors (Lipinski definition) is 5. The molecular weight excluding hydrogens is 222 g/mol. The molecule has 0 unspecified atom stereocenters. The van der Waals surface area contributed by atoms with Crippen molar-refractivity contribution in [2.75, 3.05) is 0 Å². The van der Waals surface area contributed by atoms with Gasteiger partial charge in [-0.1, -0.05) is 0 Å². The summed E-state index contributed by atoms with van der Waals surface area (Å²) in [4.78, 5) is 29.7. The second kappa shape index (κ2) is 3.67. The highest BCUT2D eigenvalue weighted by Gasteiger charge is 2.05. The third-order valence-electron chi connectivity index (χ3n) is 2.11. The van der Waals surface area contributed by atoms with Gasteiger partial charge in [-0.15, -0.1) is 0 Å². The minimum atomic E-state index is -0.479. The molecule has 0 aliphatic rings. The first-order valence-corrected chi connectivity index (χ1v) is 4.78. The molecule has 17 heavy (non-hydrogen) atoms. The molecule has 3 aromatic heterocycles. The molecule has 0 fully saturated rings. The van der Waals surface area contributed by atoms with Crippen molar-refractivity contribution >= 4 is 0 Å². The number of hydrogen-bond donors (Lipinski definition) is 1. The zero-order valence-corrected chi connectivity index (χ0v) is 8.56. The Morgan fingerprint density at radius 1 is 1.00 bits per heavy atom. The van der Waals surface area contributed by atoms with Crippen LogP contribution in [0.1, 0.15) is 0 Å². The Kier molecular flexibility index (Phi) is 2.04. The number of aromatic nitrogens is 7. The van der Waals surface area contributed by atoms with Crippen molar-refractivity contribution in [1.29, 1.82) is 0 Å². The quantitative estimate of drug-likeness (QED) is 0.641. The molecule has 8 nitrogen and oxygen atoms in total. The van der Waals surface area contributed by atoms with E-state index in [-0.39, 0.29) is 5.95 Å². The van der Waals surface area contributed by atoms with Gasteiger partial charge >= 0.3 is 5.69 Å². The van der Waals surface area contributed by atoms with E-state index in [4.69, 9.17) is 0 Å². The van der Waals surface area contributed by atoms with Crippen LogP contribution < -0.4 is 5.69 Å². The Bertz CT molecular complexity index is 612. The molecule has 1 N–H and O–H groups in total. The number of nitrogens with zero attached hydrogens (tertiary/aromatic N) is 6. The minimum Gasteiger partial charge on any atom is -0.276 e. The summed E-state index contributed by atoms with van der Waals surface area (Å²) in [7, 11) is 0. The molecule has 84 valence electrons. The lowest BCUT2D eigenvalue weighted by Crippen LogP contribution is -2.19. The van der Waals surface area contributed by atoms with Gasteiger partial charge in [-0.05, 0) is 0 Å². The highest BCUT2D eigenvalue weighted by atomic mass is 16.1. The molecule has 0 atom stereocenters. The molecule has 0 aliphatic carbocycles. The monoisotopic (exact) mass is 229 g/mol. The Morgan fingerprint density at radius 3 is 2.35 bits per heavy atom. The molecule has 3 rings (SSSR count). The van der Waals surface area contributed by atoms with E-state index in [2.05, 4.69) is 24.9 Å². The summed E-state index contributed by atoms with van der Waals surface area (Å²) in [5, 5.41) is 0. The van der Waals surface area contributed by atoms with Gasteiger partial charge in [0, 0.05) is 24.8 Å². The number of nitrogens with one attached hydrogen (secondary N) is 1. The SMILES string of the molecule is O=c1nc(-n2ccnc2)nc(-n2ccnc2)[nH]1. The Balaban J connectivity index is 2.17. The Morgan fingerprint density at radius 2 is 1.71 bits per heavy atom. The van der Waals surface area contributed by atoms with Gasteiger partial charge in [-0.2, -0.15) is 9.97 Å². The van der Waals surface area contributed by atoms with Crippen molar-refractivity contribution in [3.63, 3.8) is 0 Å². The Hall–Kier alpha value is -2.77. The van der Waals surface area contributed by atoms with Gasteiger partial charge in [0.1, 0.15) is 12.7 Å². The number of aromatic amines is 1. The van der Waals surface area contributed by atoms with Crippen LogP contribution in [-0.4, -0.2) is 34.1 Å². The summed E-state index contributed by atoms with van der Waals surface area (Å²) in [6.45, 7) is 0. The zero-order chi connectivity index (χ0) is 11.7. The molecule has 0 amide bonds. The number of imidazole rings is 2. The zero-order valence-electron chi connectivity index (χ0n) is 8.56. The van der Waals surface area contributed by atoms with Gasteiger partial charge < -0.3 is 0 Å². The van der Waals surface area contributed by atoms with Gasteiger partial charge in [0.05, 0.1) is 0 Å². The smallest absolute Gasteiger partial charge is 0.276 e. The molecular formula is C9H7N7O. The topological polar surface area (TPSA) is 94.3 Å². The molecule has 0 saturated carbocycles. The van der Waals surface area contributed by atoms with Crippen LogP contribution in [0, 0.1) is 0 Å². The van der Waals surface area contributed by atoms with Gasteiger partial charge in [-0.3, -0.25) is 14.1 Å². The summed E-state index contributed by atoms with van der Waals surface area (Å²) in [5.74, 6) is 0.612. The maximum Gasteiger partial charge on any atom is 0.351 e. The summed E-state index contributed by atoms with van der Waals surface area (Å²) in [5.41, 5.74) is -0.479. The average Bonchev–Trinajstić information content (AvgIpc) is 3.02. The molecule has 0 aliphatic heterocycles. The Labute approximate surface area is 94.6 Å². The maximum absolute atomic E-state index is 11.4. The van der Waals surface area contributed by atoms with E-state index < -0.39 is 5.69 Å². The summed E-state index contributed by atoms with van der Waals surface area (Å²) in [6.07, 6.45) is 9.57. The molecule has 8 heteroatoms. The fraction of sp³-hybridized carbons (Fsp3) is 0. The molecule has 3 heterocycles. The lowest BCUT2D eigenvalue weighted by Gasteiger charge is -2.03. The highest BCUT2D eigenvalue weighted by Crippen LogP contribution is 2.00. The molecule has 0 saturated heterocycles. The third-order valence-corrected chi connectivity index (χ3v) is 2.11. The van der Waals surface area contributed by atoms with E-state index in [0.29, 0.717) is 5.95 Å². The second-order valence-electron chi connectivity index (χ2n) is 3.22. The van der Waals surface area contributed by atoms with Crippen molar-refractivity contribution < 1.29 is 0 Å². The van der Waals surface area contributed by atoms with E-state index in [1.807, 2.05) is 0 Å². The van der Waals surface area contributed by atoms with Crippen molar-refractivity contribution in [3.05, 3.63) is 47.9 Å². The van der Waals surface area contributed by atoms with E-state index >= 15 is 0 Å².